The first-order valence-corrected chi connectivity index (χ1v) is 6.81. The molecule has 0 aromatic heterocycles. The summed E-state index contributed by atoms with van der Waals surface area (Å²) in [5.74, 6) is 0. The van der Waals surface area contributed by atoms with Crippen LogP contribution in [0.4, 0.5) is 0 Å². The van der Waals surface area contributed by atoms with Gasteiger partial charge < -0.3 is 10.2 Å². The van der Waals surface area contributed by atoms with Crippen molar-refractivity contribution < 1.29 is 10.2 Å². The molecule has 0 aliphatic heterocycles. The Labute approximate surface area is 116 Å². The fourth-order valence-electron chi connectivity index (χ4n) is 2.11. The molecule has 1 aromatic carbocycles. The van der Waals surface area contributed by atoms with E-state index in [0.717, 1.165) is 6.54 Å². The molecular weight excluding hydrogens is 238 g/mol. The fourth-order valence-corrected chi connectivity index (χ4v) is 2.11. The van der Waals surface area contributed by atoms with Gasteiger partial charge in [0.1, 0.15) is 0 Å². The quantitative estimate of drug-likeness (QED) is 0.856. The van der Waals surface area contributed by atoms with Crippen molar-refractivity contribution in [3.05, 3.63) is 34.9 Å². The molecule has 1 aromatic rings. The lowest BCUT2D eigenvalue weighted by molar-refractivity contribution is 0.0647. The standard InChI is InChI=1S/C16H27NO2/c1-12-8-14(16(2,3)4)7-6-13(12)9-17(5)10-15(19)11-18/h6-8,15,18-19H,9-11H2,1-5H3. The summed E-state index contributed by atoms with van der Waals surface area (Å²) < 4.78 is 0. The van der Waals surface area contributed by atoms with Gasteiger partial charge >= 0.3 is 0 Å². The molecule has 0 fully saturated rings. The van der Waals surface area contributed by atoms with E-state index in [4.69, 9.17) is 5.11 Å². The van der Waals surface area contributed by atoms with Crippen LogP contribution >= 0.6 is 0 Å². The number of hydrogen-bond donors (Lipinski definition) is 2. The van der Waals surface area contributed by atoms with E-state index >= 15 is 0 Å². The van der Waals surface area contributed by atoms with E-state index in [2.05, 4.69) is 45.9 Å². The Morgan fingerprint density at radius 1 is 1.26 bits per heavy atom. The number of nitrogens with zero attached hydrogens (tertiary/aromatic N) is 1. The van der Waals surface area contributed by atoms with Crippen molar-refractivity contribution in [2.45, 2.75) is 45.8 Å². The van der Waals surface area contributed by atoms with Crippen LogP contribution in [0.25, 0.3) is 0 Å². The van der Waals surface area contributed by atoms with Gasteiger partial charge in [-0.25, -0.2) is 0 Å². The summed E-state index contributed by atoms with van der Waals surface area (Å²) in [5, 5.41) is 18.3. The highest BCUT2D eigenvalue weighted by Gasteiger charge is 2.15. The van der Waals surface area contributed by atoms with Gasteiger partial charge in [-0.1, -0.05) is 39.0 Å². The summed E-state index contributed by atoms with van der Waals surface area (Å²) in [6.07, 6.45) is -0.667. The van der Waals surface area contributed by atoms with Crippen LogP contribution in [0.1, 0.15) is 37.5 Å². The first-order chi connectivity index (χ1) is 8.74. The number of rotatable bonds is 5. The third-order valence-electron chi connectivity index (χ3n) is 3.38. The lowest BCUT2D eigenvalue weighted by atomic mass is 9.85. The number of aliphatic hydroxyl groups is 2. The maximum absolute atomic E-state index is 9.43. The maximum Gasteiger partial charge on any atom is 0.0897 e. The highest BCUT2D eigenvalue weighted by Crippen LogP contribution is 2.24. The molecule has 1 unspecified atom stereocenters. The van der Waals surface area contributed by atoms with Crippen molar-refractivity contribution in [2.75, 3.05) is 20.2 Å². The molecular formula is C16H27NO2. The summed E-state index contributed by atoms with van der Waals surface area (Å²) >= 11 is 0. The van der Waals surface area contributed by atoms with E-state index in [1.54, 1.807) is 0 Å². The van der Waals surface area contributed by atoms with Crippen LogP contribution in [0.3, 0.4) is 0 Å². The second-order valence-corrected chi connectivity index (χ2v) is 6.42. The van der Waals surface area contributed by atoms with E-state index < -0.39 is 6.10 Å². The second kappa shape index (κ2) is 6.51. The Hall–Kier alpha value is -0.900. The number of hydrogen-bond acceptors (Lipinski definition) is 3. The first-order valence-electron chi connectivity index (χ1n) is 6.81. The average Bonchev–Trinajstić information content (AvgIpc) is 2.30. The molecule has 0 saturated heterocycles. The zero-order valence-corrected chi connectivity index (χ0v) is 12.8. The molecule has 2 N–H and O–H groups in total. The van der Waals surface area contributed by atoms with E-state index in [0.29, 0.717) is 6.54 Å². The molecule has 0 aliphatic rings. The van der Waals surface area contributed by atoms with Gasteiger partial charge in [-0.2, -0.15) is 0 Å². The third-order valence-corrected chi connectivity index (χ3v) is 3.38. The molecule has 1 atom stereocenters. The van der Waals surface area contributed by atoms with Gasteiger partial charge in [0, 0.05) is 13.1 Å². The van der Waals surface area contributed by atoms with Crippen molar-refractivity contribution >= 4 is 0 Å². The summed E-state index contributed by atoms with van der Waals surface area (Å²) in [6.45, 7) is 9.85. The zero-order valence-electron chi connectivity index (χ0n) is 12.8. The fraction of sp³-hybridized carbons (Fsp3) is 0.625. The molecule has 108 valence electrons. The summed E-state index contributed by atoms with van der Waals surface area (Å²) in [4.78, 5) is 2.03. The largest absolute Gasteiger partial charge is 0.394 e. The Balaban J connectivity index is 2.75. The lowest BCUT2D eigenvalue weighted by Crippen LogP contribution is -2.31. The van der Waals surface area contributed by atoms with E-state index in [1.807, 2.05) is 11.9 Å². The van der Waals surface area contributed by atoms with Crippen molar-refractivity contribution in [1.82, 2.24) is 4.90 Å². The number of benzene rings is 1. The van der Waals surface area contributed by atoms with Crippen LogP contribution in [0, 0.1) is 6.92 Å². The van der Waals surface area contributed by atoms with E-state index in [9.17, 15) is 5.11 Å². The minimum absolute atomic E-state index is 0.169. The molecule has 0 bridgehead atoms. The highest BCUT2D eigenvalue weighted by molar-refractivity contribution is 5.34. The van der Waals surface area contributed by atoms with Crippen molar-refractivity contribution in [1.29, 1.82) is 0 Å². The lowest BCUT2D eigenvalue weighted by Gasteiger charge is -2.23. The van der Waals surface area contributed by atoms with Gasteiger partial charge in [-0.15, -0.1) is 0 Å². The molecule has 0 amide bonds. The molecule has 0 saturated carbocycles. The van der Waals surface area contributed by atoms with Crippen LogP contribution < -0.4 is 0 Å². The average molecular weight is 265 g/mol. The SMILES string of the molecule is Cc1cc(C(C)(C)C)ccc1CN(C)CC(O)CO. The summed E-state index contributed by atoms with van der Waals surface area (Å²) in [5.41, 5.74) is 4.05. The van der Waals surface area contributed by atoms with Gasteiger partial charge in [0.2, 0.25) is 0 Å². The highest BCUT2D eigenvalue weighted by atomic mass is 16.3. The molecule has 0 heterocycles. The first kappa shape index (κ1) is 16.2. The van der Waals surface area contributed by atoms with Crippen LogP contribution in [0.2, 0.25) is 0 Å². The van der Waals surface area contributed by atoms with Gasteiger partial charge in [0.05, 0.1) is 12.7 Å². The third kappa shape index (κ3) is 4.94. The summed E-state index contributed by atoms with van der Waals surface area (Å²) in [6, 6.07) is 6.59. The normalized spacial score (nSPS) is 13.9. The smallest absolute Gasteiger partial charge is 0.0897 e. The second-order valence-electron chi connectivity index (χ2n) is 6.42. The predicted octanol–water partition coefficient (Wildman–Crippen LogP) is 2.08. The van der Waals surface area contributed by atoms with Gasteiger partial charge in [0.15, 0.2) is 0 Å². The Kier molecular flexibility index (Phi) is 5.53. The van der Waals surface area contributed by atoms with Gasteiger partial charge in [-0.3, -0.25) is 4.90 Å². The Bertz CT molecular complexity index is 410. The molecule has 3 heteroatoms. The molecule has 1 rings (SSSR count). The van der Waals surface area contributed by atoms with E-state index in [-0.39, 0.29) is 12.0 Å². The molecule has 19 heavy (non-hydrogen) atoms. The number of aliphatic hydroxyl groups excluding tert-OH is 2. The van der Waals surface area contributed by atoms with Crippen LogP contribution in [0.5, 0.6) is 0 Å². The summed E-state index contributed by atoms with van der Waals surface area (Å²) in [7, 11) is 1.95. The predicted molar refractivity (Wildman–Crippen MR) is 79.3 cm³/mol. The number of likely N-dealkylation sites (N-methyl/N-ethyl adjacent to an activating group) is 1. The molecule has 0 spiro atoms. The Morgan fingerprint density at radius 3 is 2.37 bits per heavy atom. The molecule has 0 radical (unpaired) electrons. The molecule has 3 nitrogen and oxygen atoms in total. The van der Waals surface area contributed by atoms with Crippen LogP contribution in [-0.4, -0.2) is 41.4 Å². The maximum atomic E-state index is 9.43. The number of aryl methyl sites for hydroxylation is 1. The topological polar surface area (TPSA) is 43.7 Å². The van der Waals surface area contributed by atoms with E-state index in [1.165, 1.54) is 16.7 Å². The van der Waals surface area contributed by atoms with Crippen LogP contribution in [0.15, 0.2) is 18.2 Å². The van der Waals surface area contributed by atoms with Crippen LogP contribution in [-0.2, 0) is 12.0 Å². The molecule has 0 aliphatic carbocycles. The van der Waals surface area contributed by atoms with Crippen molar-refractivity contribution in [2.24, 2.45) is 0 Å². The van der Waals surface area contributed by atoms with Crippen molar-refractivity contribution in [3.8, 4) is 0 Å². The monoisotopic (exact) mass is 265 g/mol. The minimum atomic E-state index is -0.667. The van der Waals surface area contributed by atoms with Gasteiger partial charge in [0.25, 0.3) is 0 Å². The van der Waals surface area contributed by atoms with Gasteiger partial charge in [-0.05, 0) is 36.1 Å². The Morgan fingerprint density at radius 2 is 1.89 bits per heavy atom. The van der Waals surface area contributed by atoms with Crippen molar-refractivity contribution in [3.63, 3.8) is 0 Å². The minimum Gasteiger partial charge on any atom is -0.394 e. The zero-order chi connectivity index (χ0) is 14.6.